The fraction of sp³-hybridized carbons (Fsp3) is 0.200. The Kier molecular flexibility index (Phi) is 4.43. The molecule has 0 bridgehead atoms. The molecule has 6 nitrogen and oxygen atoms in total. The number of nitrogens with zero attached hydrogens (tertiary/aromatic N) is 3. The van der Waals surface area contributed by atoms with Gasteiger partial charge < -0.3 is 15.4 Å². The zero-order valence-corrected chi connectivity index (χ0v) is 17.6. The average molecular weight is 412 g/mol. The standard InChI is InChI=1S/C25H24N4O2/c1-28-13-14-31-22-16-18(11-12-21(22)28)17-7-6-10-20(15-17)25(19-8-4-3-5-9-19)23(30)29(2)24(26)27-25/h3-12,15-16H,13-14H2,1-2H3,(H2,26,27). The zero-order valence-electron chi connectivity index (χ0n) is 17.6. The Hall–Kier alpha value is -3.80. The van der Waals surface area contributed by atoms with E-state index in [2.05, 4.69) is 35.1 Å². The van der Waals surface area contributed by atoms with Gasteiger partial charge in [-0.1, -0.05) is 54.6 Å². The molecule has 31 heavy (non-hydrogen) atoms. The van der Waals surface area contributed by atoms with E-state index in [1.54, 1.807) is 7.05 Å². The van der Waals surface area contributed by atoms with E-state index in [4.69, 9.17) is 10.5 Å². The van der Waals surface area contributed by atoms with Gasteiger partial charge in [0, 0.05) is 14.1 Å². The molecule has 0 fully saturated rings. The van der Waals surface area contributed by atoms with Gasteiger partial charge in [0.05, 0.1) is 12.2 Å². The van der Waals surface area contributed by atoms with Crippen molar-refractivity contribution in [2.45, 2.75) is 5.54 Å². The van der Waals surface area contributed by atoms with Crippen LogP contribution in [-0.2, 0) is 10.3 Å². The van der Waals surface area contributed by atoms with Gasteiger partial charge in [-0.3, -0.25) is 9.69 Å². The van der Waals surface area contributed by atoms with E-state index in [9.17, 15) is 4.79 Å². The van der Waals surface area contributed by atoms with Crippen LogP contribution in [0.4, 0.5) is 5.69 Å². The number of amides is 1. The Labute approximate surface area is 181 Å². The van der Waals surface area contributed by atoms with Gasteiger partial charge in [0.25, 0.3) is 5.91 Å². The third-order valence-electron chi connectivity index (χ3n) is 6.10. The summed E-state index contributed by atoms with van der Waals surface area (Å²) in [5.74, 6) is 0.918. The van der Waals surface area contributed by atoms with E-state index >= 15 is 0 Å². The summed E-state index contributed by atoms with van der Waals surface area (Å²) in [5.41, 5.74) is 9.56. The van der Waals surface area contributed by atoms with Crippen molar-refractivity contribution in [3.63, 3.8) is 0 Å². The number of rotatable bonds is 3. The molecule has 0 spiro atoms. The van der Waals surface area contributed by atoms with Gasteiger partial charge in [-0.25, -0.2) is 4.99 Å². The summed E-state index contributed by atoms with van der Waals surface area (Å²) in [6, 6.07) is 23.8. The molecule has 6 heteroatoms. The lowest BCUT2D eigenvalue weighted by atomic mass is 9.81. The summed E-state index contributed by atoms with van der Waals surface area (Å²) in [5, 5.41) is 0. The number of guanidine groups is 1. The van der Waals surface area contributed by atoms with Crippen LogP contribution in [0, 0.1) is 0 Å². The largest absolute Gasteiger partial charge is 0.490 e. The van der Waals surface area contributed by atoms with Crippen molar-refractivity contribution in [1.82, 2.24) is 4.90 Å². The Balaban J connectivity index is 1.65. The van der Waals surface area contributed by atoms with Gasteiger partial charge >= 0.3 is 0 Å². The minimum absolute atomic E-state index is 0.163. The van der Waals surface area contributed by atoms with Gasteiger partial charge in [0.15, 0.2) is 11.5 Å². The maximum absolute atomic E-state index is 13.4. The van der Waals surface area contributed by atoms with Crippen LogP contribution in [-0.4, -0.2) is 44.0 Å². The second-order valence-corrected chi connectivity index (χ2v) is 7.94. The fourth-order valence-corrected chi connectivity index (χ4v) is 4.32. The Morgan fingerprint density at radius 1 is 0.935 bits per heavy atom. The number of hydrogen-bond acceptors (Lipinski definition) is 5. The van der Waals surface area contributed by atoms with Gasteiger partial charge in [0.2, 0.25) is 0 Å². The summed E-state index contributed by atoms with van der Waals surface area (Å²) in [6.07, 6.45) is 0. The molecule has 156 valence electrons. The summed E-state index contributed by atoms with van der Waals surface area (Å²) < 4.78 is 5.88. The molecule has 1 unspecified atom stereocenters. The normalized spacial score (nSPS) is 20.3. The van der Waals surface area contributed by atoms with Crippen molar-refractivity contribution < 1.29 is 9.53 Å². The number of benzene rings is 3. The number of fused-ring (bicyclic) bond motifs is 1. The molecule has 1 atom stereocenters. The van der Waals surface area contributed by atoms with Crippen LogP contribution >= 0.6 is 0 Å². The second kappa shape index (κ2) is 7.16. The summed E-state index contributed by atoms with van der Waals surface area (Å²) in [7, 11) is 3.73. The Morgan fingerprint density at radius 3 is 2.42 bits per heavy atom. The van der Waals surface area contributed by atoms with E-state index in [1.165, 1.54) is 4.90 Å². The highest BCUT2D eigenvalue weighted by Gasteiger charge is 2.49. The van der Waals surface area contributed by atoms with Crippen molar-refractivity contribution in [3.05, 3.63) is 83.9 Å². The van der Waals surface area contributed by atoms with Crippen molar-refractivity contribution in [3.8, 4) is 16.9 Å². The van der Waals surface area contributed by atoms with E-state index in [0.717, 1.165) is 40.2 Å². The number of ether oxygens (including phenoxy) is 1. The smallest absolute Gasteiger partial charge is 0.266 e. The number of anilines is 1. The van der Waals surface area contributed by atoms with E-state index in [1.807, 2.05) is 54.6 Å². The molecule has 0 aromatic heterocycles. The first kappa shape index (κ1) is 19.2. The summed E-state index contributed by atoms with van der Waals surface area (Å²) in [4.78, 5) is 21.7. The molecule has 5 rings (SSSR count). The van der Waals surface area contributed by atoms with Crippen molar-refractivity contribution >= 4 is 17.6 Å². The number of aliphatic imine (C=N–C) groups is 1. The molecule has 1 amide bonds. The van der Waals surface area contributed by atoms with Crippen molar-refractivity contribution in [2.75, 3.05) is 32.1 Å². The molecule has 3 aromatic rings. The van der Waals surface area contributed by atoms with E-state index < -0.39 is 5.54 Å². The third-order valence-corrected chi connectivity index (χ3v) is 6.10. The molecule has 0 radical (unpaired) electrons. The predicted molar refractivity (Wildman–Crippen MR) is 122 cm³/mol. The first-order valence-corrected chi connectivity index (χ1v) is 10.3. The number of nitrogens with two attached hydrogens (primary N) is 1. The van der Waals surface area contributed by atoms with Gasteiger partial charge in [0.1, 0.15) is 12.4 Å². The molecule has 2 heterocycles. The molecule has 0 aliphatic carbocycles. The average Bonchev–Trinajstić information content (AvgIpc) is 3.04. The second-order valence-electron chi connectivity index (χ2n) is 7.94. The minimum Gasteiger partial charge on any atom is -0.490 e. The SMILES string of the molecule is CN1C(=O)C(c2ccccc2)(c2cccc(-c3ccc4c(c3)OCCN4C)c2)N=C1N. The summed E-state index contributed by atoms with van der Waals surface area (Å²) >= 11 is 0. The lowest BCUT2D eigenvalue weighted by molar-refractivity contribution is -0.129. The topological polar surface area (TPSA) is 71.2 Å². The fourth-order valence-electron chi connectivity index (χ4n) is 4.32. The maximum Gasteiger partial charge on any atom is 0.266 e. The van der Waals surface area contributed by atoms with Crippen molar-refractivity contribution in [1.29, 1.82) is 0 Å². The Morgan fingerprint density at radius 2 is 1.68 bits per heavy atom. The summed E-state index contributed by atoms with van der Waals surface area (Å²) in [6.45, 7) is 1.54. The number of carbonyl (C=O) groups excluding carboxylic acids is 1. The highest BCUT2D eigenvalue weighted by atomic mass is 16.5. The van der Waals surface area contributed by atoms with Crippen LogP contribution in [0.1, 0.15) is 11.1 Å². The van der Waals surface area contributed by atoms with Crippen LogP contribution in [0.25, 0.3) is 11.1 Å². The highest BCUT2D eigenvalue weighted by molar-refractivity contribution is 6.09. The number of hydrogen-bond donors (Lipinski definition) is 1. The molecule has 0 saturated carbocycles. The van der Waals surface area contributed by atoms with Crippen LogP contribution in [0.15, 0.2) is 77.8 Å². The lowest BCUT2D eigenvalue weighted by Gasteiger charge is -2.28. The molecule has 2 aliphatic rings. The number of carbonyl (C=O) groups is 1. The molecular formula is C25H24N4O2. The van der Waals surface area contributed by atoms with Crippen LogP contribution in [0.3, 0.4) is 0 Å². The quantitative estimate of drug-likeness (QED) is 0.717. The maximum atomic E-state index is 13.4. The van der Waals surface area contributed by atoms with Crippen molar-refractivity contribution in [2.24, 2.45) is 10.7 Å². The molecular weight excluding hydrogens is 388 g/mol. The van der Waals surface area contributed by atoms with Crippen LogP contribution in [0.5, 0.6) is 5.75 Å². The van der Waals surface area contributed by atoms with Gasteiger partial charge in [-0.2, -0.15) is 0 Å². The lowest BCUT2D eigenvalue weighted by Crippen LogP contribution is -2.41. The highest BCUT2D eigenvalue weighted by Crippen LogP contribution is 2.41. The molecule has 2 N–H and O–H groups in total. The van der Waals surface area contributed by atoms with Gasteiger partial charge in [-0.15, -0.1) is 0 Å². The van der Waals surface area contributed by atoms with Gasteiger partial charge in [-0.05, 0) is 40.5 Å². The molecule has 0 saturated heterocycles. The van der Waals surface area contributed by atoms with Crippen LogP contribution in [0.2, 0.25) is 0 Å². The van der Waals surface area contributed by atoms with E-state index in [0.29, 0.717) is 6.61 Å². The zero-order chi connectivity index (χ0) is 21.6. The first-order chi connectivity index (χ1) is 15.0. The predicted octanol–water partition coefficient (Wildman–Crippen LogP) is 3.21. The third kappa shape index (κ3) is 2.94. The molecule has 2 aliphatic heterocycles. The minimum atomic E-state index is -1.19. The molecule has 3 aromatic carbocycles. The Bertz CT molecular complexity index is 1190. The monoisotopic (exact) mass is 412 g/mol. The number of likely N-dealkylation sites (N-methyl/N-ethyl adjacent to an activating group) is 2. The van der Waals surface area contributed by atoms with E-state index in [-0.39, 0.29) is 11.9 Å². The van der Waals surface area contributed by atoms with Crippen LogP contribution < -0.4 is 15.4 Å². The first-order valence-electron chi connectivity index (χ1n) is 10.3.